The fourth-order valence-electron chi connectivity index (χ4n) is 4.03. The third-order valence-corrected chi connectivity index (χ3v) is 6.07. The van der Waals surface area contributed by atoms with E-state index in [9.17, 15) is 9.59 Å². The van der Waals surface area contributed by atoms with E-state index in [0.717, 1.165) is 18.8 Å². The molecule has 2 aliphatic rings. The van der Waals surface area contributed by atoms with Crippen molar-refractivity contribution >= 4 is 29.2 Å². The lowest BCUT2D eigenvalue weighted by molar-refractivity contribution is -0.130. The largest absolute Gasteiger partial charge is 0.423 e. The van der Waals surface area contributed by atoms with Crippen molar-refractivity contribution in [1.82, 2.24) is 10.2 Å². The van der Waals surface area contributed by atoms with Gasteiger partial charge in [-0.1, -0.05) is 35.9 Å². The summed E-state index contributed by atoms with van der Waals surface area (Å²) >= 11 is 5.99. The van der Waals surface area contributed by atoms with Crippen LogP contribution in [-0.4, -0.2) is 43.0 Å². The highest BCUT2D eigenvalue weighted by atomic mass is 35.5. The number of amides is 1. The molecule has 0 spiro atoms. The summed E-state index contributed by atoms with van der Waals surface area (Å²) in [5, 5.41) is 3.68. The second-order valence-electron chi connectivity index (χ2n) is 7.97. The van der Waals surface area contributed by atoms with E-state index in [2.05, 4.69) is 22.3 Å². The van der Waals surface area contributed by atoms with Crippen LogP contribution in [0.5, 0.6) is 5.75 Å². The van der Waals surface area contributed by atoms with Gasteiger partial charge in [0.2, 0.25) is 0 Å². The molecule has 6 nitrogen and oxygen atoms in total. The molecule has 32 heavy (non-hydrogen) atoms. The Bertz CT molecular complexity index is 1090. The molecule has 0 aromatic heterocycles. The Morgan fingerprint density at radius 1 is 0.906 bits per heavy atom. The molecule has 2 aliphatic heterocycles. The Morgan fingerprint density at radius 3 is 2.28 bits per heavy atom. The van der Waals surface area contributed by atoms with E-state index in [0.29, 0.717) is 40.7 Å². The molecule has 0 radical (unpaired) electrons. The topological polar surface area (TPSA) is 61.9 Å². The SMILES string of the molecule is CC1=C(C(=O)Oc2cccc(Cl)c2)CC(C(=O)N2CCN(c3ccccc3)CC2)=C(C)N1. The number of rotatable bonds is 4. The molecule has 0 aliphatic carbocycles. The molecule has 7 heteroatoms. The number of carbonyl (C=O) groups excluding carboxylic acids is 2. The van der Waals surface area contributed by atoms with Gasteiger partial charge in [0.1, 0.15) is 5.75 Å². The van der Waals surface area contributed by atoms with Crippen LogP contribution in [0.3, 0.4) is 0 Å². The molecule has 2 aromatic rings. The van der Waals surface area contributed by atoms with Crippen molar-refractivity contribution in [3.63, 3.8) is 0 Å². The average molecular weight is 452 g/mol. The zero-order valence-corrected chi connectivity index (χ0v) is 19.0. The van der Waals surface area contributed by atoms with Gasteiger partial charge in [-0.3, -0.25) is 4.79 Å². The quantitative estimate of drug-likeness (QED) is 0.559. The number of para-hydroxylation sites is 1. The Labute approximate surface area is 193 Å². The Morgan fingerprint density at radius 2 is 1.59 bits per heavy atom. The second-order valence-corrected chi connectivity index (χ2v) is 8.41. The monoisotopic (exact) mass is 451 g/mol. The first-order valence-corrected chi connectivity index (χ1v) is 11.0. The number of dihydropyridines is 1. The minimum Gasteiger partial charge on any atom is -0.423 e. The molecule has 1 amide bonds. The van der Waals surface area contributed by atoms with Gasteiger partial charge >= 0.3 is 5.97 Å². The Balaban J connectivity index is 1.42. The van der Waals surface area contributed by atoms with Gasteiger partial charge < -0.3 is 19.9 Å². The number of esters is 1. The molecule has 1 saturated heterocycles. The van der Waals surface area contributed by atoms with Gasteiger partial charge in [0.15, 0.2) is 0 Å². The van der Waals surface area contributed by atoms with Crippen LogP contribution in [0.4, 0.5) is 5.69 Å². The van der Waals surface area contributed by atoms with Crippen LogP contribution < -0.4 is 15.0 Å². The fraction of sp³-hybridized carbons (Fsp3) is 0.280. The first-order chi connectivity index (χ1) is 15.4. The molecule has 0 bridgehead atoms. The summed E-state index contributed by atoms with van der Waals surface area (Å²) in [5.41, 5.74) is 3.68. The average Bonchev–Trinajstić information content (AvgIpc) is 2.79. The molecule has 0 unspecified atom stereocenters. The van der Waals surface area contributed by atoms with Crippen LogP contribution in [0.25, 0.3) is 0 Å². The number of allylic oxidation sites excluding steroid dienone is 2. The van der Waals surface area contributed by atoms with Crippen LogP contribution in [0.1, 0.15) is 20.3 Å². The second kappa shape index (κ2) is 9.49. The van der Waals surface area contributed by atoms with Gasteiger partial charge in [0, 0.05) is 60.3 Å². The minimum atomic E-state index is -0.482. The fourth-order valence-corrected chi connectivity index (χ4v) is 4.21. The molecule has 2 aromatic carbocycles. The Kier molecular flexibility index (Phi) is 6.51. The summed E-state index contributed by atoms with van der Waals surface area (Å²) in [5.74, 6) is -0.147. The lowest BCUT2D eigenvalue weighted by Crippen LogP contribution is -2.49. The molecule has 0 atom stereocenters. The number of hydrogen-bond donors (Lipinski definition) is 1. The number of carbonyl (C=O) groups is 2. The Hall–Kier alpha value is -3.25. The summed E-state index contributed by atoms with van der Waals surface area (Å²) in [4.78, 5) is 30.3. The zero-order valence-electron chi connectivity index (χ0n) is 18.2. The molecule has 1 N–H and O–H groups in total. The number of nitrogens with zero attached hydrogens (tertiary/aromatic N) is 2. The van der Waals surface area contributed by atoms with Gasteiger partial charge in [-0.05, 0) is 44.2 Å². The standard InChI is InChI=1S/C25H26ClN3O3/c1-17-22(24(30)29-13-11-28(12-14-29)20-8-4-3-5-9-20)16-23(18(2)27-17)25(31)32-21-10-6-7-19(26)15-21/h3-10,15,27H,11-14,16H2,1-2H3. The lowest BCUT2D eigenvalue weighted by atomic mass is 9.96. The van der Waals surface area contributed by atoms with E-state index in [1.54, 1.807) is 24.3 Å². The molecule has 0 saturated carbocycles. The van der Waals surface area contributed by atoms with E-state index in [1.807, 2.05) is 36.9 Å². The van der Waals surface area contributed by atoms with Crippen LogP contribution in [0.15, 0.2) is 77.1 Å². The van der Waals surface area contributed by atoms with Crippen molar-refractivity contribution in [3.8, 4) is 5.75 Å². The van der Waals surface area contributed by atoms with E-state index >= 15 is 0 Å². The molecular weight excluding hydrogens is 426 g/mol. The van der Waals surface area contributed by atoms with Gasteiger partial charge in [0.05, 0.1) is 5.57 Å². The normalized spacial score (nSPS) is 16.7. The maximum absolute atomic E-state index is 13.3. The summed E-state index contributed by atoms with van der Waals surface area (Å²) in [6, 6.07) is 16.9. The number of hydrogen-bond acceptors (Lipinski definition) is 5. The number of nitrogens with one attached hydrogen (secondary N) is 1. The van der Waals surface area contributed by atoms with Crippen molar-refractivity contribution in [2.45, 2.75) is 20.3 Å². The maximum atomic E-state index is 13.3. The third-order valence-electron chi connectivity index (χ3n) is 5.83. The van der Waals surface area contributed by atoms with Gasteiger partial charge in [-0.25, -0.2) is 4.79 Å². The van der Waals surface area contributed by atoms with E-state index in [-0.39, 0.29) is 12.3 Å². The van der Waals surface area contributed by atoms with Crippen LogP contribution in [0.2, 0.25) is 5.02 Å². The van der Waals surface area contributed by atoms with Gasteiger partial charge in [-0.2, -0.15) is 0 Å². The number of anilines is 1. The van der Waals surface area contributed by atoms with E-state index in [1.165, 1.54) is 5.69 Å². The highest BCUT2D eigenvalue weighted by molar-refractivity contribution is 6.30. The van der Waals surface area contributed by atoms with Crippen LogP contribution in [-0.2, 0) is 9.59 Å². The highest BCUT2D eigenvalue weighted by Gasteiger charge is 2.30. The van der Waals surface area contributed by atoms with Crippen molar-refractivity contribution in [3.05, 3.63) is 82.2 Å². The van der Waals surface area contributed by atoms with E-state index < -0.39 is 5.97 Å². The van der Waals surface area contributed by atoms with Gasteiger partial charge in [0.25, 0.3) is 5.91 Å². The number of piperazine rings is 1. The molecule has 166 valence electrons. The van der Waals surface area contributed by atoms with Crippen molar-refractivity contribution in [2.75, 3.05) is 31.1 Å². The van der Waals surface area contributed by atoms with Crippen molar-refractivity contribution in [2.24, 2.45) is 0 Å². The summed E-state index contributed by atoms with van der Waals surface area (Å²) in [7, 11) is 0. The van der Waals surface area contributed by atoms with Crippen molar-refractivity contribution < 1.29 is 14.3 Å². The molecule has 1 fully saturated rings. The van der Waals surface area contributed by atoms with Crippen LogP contribution in [0, 0.1) is 0 Å². The molecular formula is C25H26ClN3O3. The molecule has 2 heterocycles. The predicted octanol–water partition coefficient (Wildman–Crippen LogP) is 4.14. The van der Waals surface area contributed by atoms with E-state index in [4.69, 9.17) is 16.3 Å². The van der Waals surface area contributed by atoms with Crippen molar-refractivity contribution in [1.29, 1.82) is 0 Å². The predicted molar refractivity (Wildman–Crippen MR) is 125 cm³/mol. The number of halogens is 1. The first kappa shape index (κ1) is 22.0. The van der Waals surface area contributed by atoms with Gasteiger partial charge in [-0.15, -0.1) is 0 Å². The summed E-state index contributed by atoms with van der Waals surface area (Å²) < 4.78 is 5.50. The molecule has 4 rings (SSSR count). The highest BCUT2D eigenvalue weighted by Crippen LogP contribution is 2.27. The first-order valence-electron chi connectivity index (χ1n) is 10.7. The summed E-state index contributed by atoms with van der Waals surface area (Å²) in [6.07, 6.45) is 0.238. The van der Waals surface area contributed by atoms with Crippen LogP contribution >= 0.6 is 11.6 Å². The number of ether oxygens (including phenoxy) is 1. The third kappa shape index (κ3) is 4.81. The lowest BCUT2D eigenvalue weighted by Gasteiger charge is -2.37. The summed E-state index contributed by atoms with van der Waals surface area (Å²) in [6.45, 7) is 6.50. The number of benzene rings is 2. The smallest absolute Gasteiger partial charge is 0.341 e. The maximum Gasteiger partial charge on any atom is 0.341 e. The zero-order chi connectivity index (χ0) is 22.7. The minimum absolute atomic E-state index is 0.0386.